The van der Waals surface area contributed by atoms with Gasteiger partial charge in [0.05, 0.1) is 7.11 Å². The summed E-state index contributed by atoms with van der Waals surface area (Å²) in [6, 6.07) is 8.02. The Bertz CT molecular complexity index is 670. The number of rotatable bonds is 5. The van der Waals surface area contributed by atoms with Crippen molar-refractivity contribution in [1.29, 1.82) is 0 Å². The predicted octanol–water partition coefficient (Wildman–Crippen LogP) is 2.69. The van der Waals surface area contributed by atoms with Crippen LogP contribution in [0.15, 0.2) is 36.5 Å². The van der Waals surface area contributed by atoms with E-state index in [2.05, 4.69) is 14.8 Å². The van der Waals surface area contributed by atoms with Crippen LogP contribution in [0.2, 0.25) is 0 Å². The number of hydrogen-bond acceptors (Lipinski definition) is 4. The third-order valence-electron chi connectivity index (χ3n) is 4.27. The molecule has 0 bridgehead atoms. The van der Waals surface area contributed by atoms with Gasteiger partial charge in [-0.15, -0.1) is 0 Å². The van der Waals surface area contributed by atoms with Crippen LogP contribution in [0.3, 0.4) is 0 Å². The molecule has 1 aromatic carbocycles. The Kier molecular flexibility index (Phi) is 5.37. The molecular weight excluding hydrogens is 312 g/mol. The van der Waals surface area contributed by atoms with Gasteiger partial charge in [0.2, 0.25) is 5.88 Å². The van der Waals surface area contributed by atoms with Crippen LogP contribution in [0, 0.1) is 11.6 Å². The van der Waals surface area contributed by atoms with E-state index in [0.717, 1.165) is 43.9 Å². The number of halogens is 2. The first-order valence-corrected chi connectivity index (χ1v) is 8.01. The molecule has 0 spiro atoms. The Labute approximate surface area is 140 Å². The molecule has 2 aromatic rings. The Morgan fingerprint density at radius 3 is 2.08 bits per heavy atom. The molecule has 3 rings (SSSR count). The van der Waals surface area contributed by atoms with Gasteiger partial charge in [-0.2, -0.15) is 0 Å². The van der Waals surface area contributed by atoms with Gasteiger partial charge in [-0.1, -0.05) is 12.1 Å². The molecule has 2 heterocycles. The summed E-state index contributed by atoms with van der Waals surface area (Å²) in [7, 11) is 1.61. The molecule has 128 valence electrons. The molecule has 6 heteroatoms. The fourth-order valence-electron chi connectivity index (χ4n) is 2.89. The monoisotopic (exact) mass is 333 g/mol. The second-order valence-corrected chi connectivity index (χ2v) is 6.01. The van der Waals surface area contributed by atoms with Crippen molar-refractivity contribution in [3.8, 4) is 5.88 Å². The number of pyridine rings is 1. The maximum absolute atomic E-state index is 13.3. The fourth-order valence-corrected chi connectivity index (χ4v) is 2.89. The molecule has 0 radical (unpaired) electrons. The lowest BCUT2D eigenvalue weighted by Gasteiger charge is -2.34. The highest BCUT2D eigenvalue weighted by Gasteiger charge is 2.17. The largest absolute Gasteiger partial charge is 0.481 e. The minimum absolute atomic E-state index is 0.620. The van der Waals surface area contributed by atoms with Crippen molar-refractivity contribution in [1.82, 2.24) is 14.8 Å². The Morgan fingerprint density at radius 1 is 0.917 bits per heavy atom. The van der Waals surface area contributed by atoms with Gasteiger partial charge in [0.1, 0.15) is 0 Å². The maximum atomic E-state index is 13.3. The smallest absolute Gasteiger partial charge is 0.212 e. The molecule has 1 aromatic heterocycles. The summed E-state index contributed by atoms with van der Waals surface area (Å²) in [5.41, 5.74) is 1.96. The average Bonchev–Trinajstić information content (AvgIpc) is 2.61. The fraction of sp³-hybridized carbons (Fsp3) is 0.389. The van der Waals surface area contributed by atoms with E-state index in [1.165, 1.54) is 12.1 Å². The zero-order valence-corrected chi connectivity index (χ0v) is 13.7. The van der Waals surface area contributed by atoms with Crippen LogP contribution in [0.25, 0.3) is 0 Å². The van der Waals surface area contributed by atoms with E-state index >= 15 is 0 Å². The molecule has 0 amide bonds. The lowest BCUT2D eigenvalue weighted by Crippen LogP contribution is -2.45. The van der Waals surface area contributed by atoms with Crippen molar-refractivity contribution in [2.75, 3.05) is 33.3 Å². The number of methoxy groups -OCH3 is 1. The molecule has 24 heavy (non-hydrogen) atoms. The van der Waals surface area contributed by atoms with Gasteiger partial charge in [0.15, 0.2) is 11.6 Å². The third-order valence-corrected chi connectivity index (χ3v) is 4.27. The average molecular weight is 333 g/mol. The summed E-state index contributed by atoms with van der Waals surface area (Å²) in [5, 5.41) is 0. The van der Waals surface area contributed by atoms with Crippen molar-refractivity contribution < 1.29 is 13.5 Å². The third kappa shape index (κ3) is 4.27. The van der Waals surface area contributed by atoms with Crippen molar-refractivity contribution in [3.63, 3.8) is 0 Å². The zero-order valence-electron chi connectivity index (χ0n) is 13.7. The molecule has 0 saturated carbocycles. The molecule has 1 aliphatic rings. The predicted molar refractivity (Wildman–Crippen MR) is 87.7 cm³/mol. The lowest BCUT2D eigenvalue weighted by molar-refractivity contribution is 0.122. The summed E-state index contributed by atoms with van der Waals surface area (Å²) in [5.74, 6) is -0.954. The van der Waals surface area contributed by atoms with Crippen LogP contribution in [-0.2, 0) is 13.1 Å². The van der Waals surface area contributed by atoms with Gasteiger partial charge in [-0.3, -0.25) is 9.80 Å². The number of piperazine rings is 1. The van der Waals surface area contributed by atoms with Gasteiger partial charge in [-0.05, 0) is 23.3 Å². The van der Waals surface area contributed by atoms with E-state index in [0.29, 0.717) is 12.4 Å². The second-order valence-electron chi connectivity index (χ2n) is 6.01. The van der Waals surface area contributed by atoms with Gasteiger partial charge >= 0.3 is 0 Å². The normalized spacial score (nSPS) is 16.3. The molecule has 0 atom stereocenters. The van der Waals surface area contributed by atoms with E-state index < -0.39 is 11.6 Å². The first-order chi connectivity index (χ1) is 11.6. The molecule has 0 N–H and O–H groups in total. The number of nitrogens with zero attached hydrogens (tertiary/aromatic N) is 3. The summed E-state index contributed by atoms with van der Waals surface area (Å²) in [6.07, 6.45) is 1.84. The lowest BCUT2D eigenvalue weighted by atomic mass is 10.1. The number of hydrogen-bond donors (Lipinski definition) is 0. The van der Waals surface area contributed by atoms with Gasteiger partial charge in [-0.25, -0.2) is 13.8 Å². The van der Waals surface area contributed by atoms with E-state index in [-0.39, 0.29) is 0 Å². The van der Waals surface area contributed by atoms with Crippen LogP contribution < -0.4 is 4.74 Å². The molecule has 1 saturated heterocycles. The zero-order chi connectivity index (χ0) is 16.9. The standard InChI is InChI=1S/C18H21F2N3O/c1-24-18-5-3-15(11-21-18)13-23-8-6-22(7-9-23)12-14-2-4-16(19)17(20)10-14/h2-5,10-11H,6-9,12-13H2,1H3. The highest BCUT2D eigenvalue weighted by molar-refractivity contribution is 5.18. The topological polar surface area (TPSA) is 28.6 Å². The van der Waals surface area contributed by atoms with Crippen LogP contribution in [-0.4, -0.2) is 48.1 Å². The van der Waals surface area contributed by atoms with Gasteiger partial charge in [0, 0.05) is 51.5 Å². The molecule has 4 nitrogen and oxygen atoms in total. The van der Waals surface area contributed by atoms with Gasteiger partial charge in [0.25, 0.3) is 0 Å². The van der Waals surface area contributed by atoms with E-state index in [1.807, 2.05) is 18.3 Å². The minimum atomic E-state index is -0.795. The molecule has 1 aliphatic heterocycles. The number of aromatic nitrogens is 1. The quantitative estimate of drug-likeness (QED) is 0.841. The molecular formula is C18H21F2N3O. The van der Waals surface area contributed by atoms with E-state index in [4.69, 9.17) is 4.74 Å². The molecule has 0 unspecified atom stereocenters. The molecule has 0 aliphatic carbocycles. The Hall–Kier alpha value is -2.05. The molecule has 1 fully saturated rings. The summed E-state index contributed by atoms with van der Waals surface area (Å²) >= 11 is 0. The Balaban J connectivity index is 1.49. The van der Waals surface area contributed by atoms with E-state index in [1.54, 1.807) is 13.2 Å². The highest BCUT2D eigenvalue weighted by atomic mass is 19.2. The summed E-state index contributed by atoms with van der Waals surface area (Å²) < 4.78 is 31.3. The van der Waals surface area contributed by atoms with E-state index in [9.17, 15) is 8.78 Å². The first kappa shape index (κ1) is 16.8. The van der Waals surface area contributed by atoms with Crippen molar-refractivity contribution in [2.24, 2.45) is 0 Å². The number of benzene rings is 1. The first-order valence-electron chi connectivity index (χ1n) is 8.01. The summed E-state index contributed by atoms with van der Waals surface area (Å²) in [6.45, 7) is 5.20. The van der Waals surface area contributed by atoms with Gasteiger partial charge < -0.3 is 4.74 Å². The van der Waals surface area contributed by atoms with Crippen molar-refractivity contribution >= 4 is 0 Å². The number of ether oxygens (including phenoxy) is 1. The van der Waals surface area contributed by atoms with Crippen molar-refractivity contribution in [2.45, 2.75) is 13.1 Å². The summed E-state index contributed by atoms with van der Waals surface area (Å²) in [4.78, 5) is 8.85. The second kappa shape index (κ2) is 7.68. The van der Waals surface area contributed by atoms with Crippen molar-refractivity contribution in [3.05, 3.63) is 59.3 Å². The Morgan fingerprint density at radius 2 is 1.54 bits per heavy atom. The van der Waals surface area contributed by atoms with Crippen LogP contribution >= 0.6 is 0 Å². The highest BCUT2D eigenvalue weighted by Crippen LogP contribution is 2.14. The van der Waals surface area contributed by atoms with Crippen LogP contribution in [0.4, 0.5) is 8.78 Å². The van der Waals surface area contributed by atoms with Crippen LogP contribution in [0.5, 0.6) is 5.88 Å². The maximum Gasteiger partial charge on any atom is 0.212 e. The van der Waals surface area contributed by atoms with Crippen LogP contribution in [0.1, 0.15) is 11.1 Å². The minimum Gasteiger partial charge on any atom is -0.481 e. The SMILES string of the molecule is COc1ccc(CN2CCN(Cc3ccc(F)c(F)c3)CC2)cn1.